The SMILES string of the molecule is [2H]C1=C(C([2H])([2H])[2H])C=[N+]2C(=NC(C([2H])([2H])[2H])=C2C(=O)NC([2H])([2H])c2ccc(C(F)(F)F)cc2)C1[2H]. The van der Waals surface area contributed by atoms with Crippen molar-refractivity contribution in [1.29, 1.82) is 0 Å². The summed E-state index contributed by atoms with van der Waals surface area (Å²) in [5.41, 5.74) is -3.72. The lowest BCUT2D eigenvalue weighted by Gasteiger charge is -2.10. The maximum Gasteiger partial charge on any atom is 0.416 e. The van der Waals surface area contributed by atoms with Gasteiger partial charge in [0.2, 0.25) is 11.4 Å². The Kier molecular flexibility index (Phi) is 2.17. The molecule has 0 spiro atoms. The Balaban J connectivity index is 2.05. The van der Waals surface area contributed by atoms with Crippen molar-refractivity contribution in [1.82, 2.24) is 5.32 Å². The van der Waals surface area contributed by atoms with Crippen LogP contribution in [0, 0.1) is 0 Å². The predicted octanol–water partition coefficient (Wildman–Crippen LogP) is 3.40. The zero-order valence-electron chi connectivity index (χ0n) is 22.4. The number of rotatable bonds is 3. The second-order valence-corrected chi connectivity index (χ2v) is 5.02. The van der Waals surface area contributed by atoms with Gasteiger partial charge in [0.15, 0.2) is 0 Å². The number of amides is 1. The largest absolute Gasteiger partial charge is 0.416 e. The van der Waals surface area contributed by atoms with Crippen LogP contribution in [0.5, 0.6) is 0 Å². The number of nitrogens with zero attached hydrogens (tertiary/aromatic N) is 2. The van der Waals surface area contributed by atoms with Gasteiger partial charge in [-0.25, -0.2) is 0 Å². The predicted molar refractivity (Wildman–Crippen MR) is 88.1 cm³/mol. The highest BCUT2D eigenvalue weighted by Crippen LogP contribution is 2.29. The number of fused-ring (bicyclic) bond motifs is 1. The Bertz CT molecular complexity index is 1190. The molecule has 4 nitrogen and oxygen atoms in total. The first-order valence-electron chi connectivity index (χ1n) is 11.9. The van der Waals surface area contributed by atoms with Gasteiger partial charge in [0.05, 0.1) is 22.3 Å². The highest BCUT2D eigenvalue weighted by molar-refractivity contribution is 6.00. The summed E-state index contributed by atoms with van der Waals surface area (Å²) in [5, 5.41) is 1.89. The first-order chi connectivity index (χ1) is 15.7. The third-order valence-corrected chi connectivity index (χ3v) is 3.30. The second-order valence-electron chi connectivity index (χ2n) is 5.02. The molecule has 25 heavy (non-hydrogen) atoms. The van der Waals surface area contributed by atoms with E-state index >= 15 is 0 Å². The molecule has 1 N–H and O–H groups in total. The van der Waals surface area contributed by atoms with Crippen LogP contribution < -0.4 is 5.32 Å². The van der Waals surface area contributed by atoms with Gasteiger partial charge < -0.3 is 5.32 Å². The van der Waals surface area contributed by atoms with Gasteiger partial charge in [0, 0.05) is 22.9 Å². The van der Waals surface area contributed by atoms with Crippen LogP contribution in [0.2, 0.25) is 0 Å². The van der Waals surface area contributed by atoms with Crippen LogP contribution in [0.15, 0.2) is 52.3 Å². The highest BCUT2D eigenvalue weighted by atomic mass is 19.4. The van der Waals surface area contributed by atoms with E-state index in [4.69, 9.17) is 13.7 Å². The van der Waals surface area contributed by atoms with Gasteiger partial charge in [0.1, 0.15) is 0 Å². The number of benzene rings is 1. The van der Waals surface area contributed by atoms with Crippen LogP contribution in [-0.2, 0) is 17.5 Å². The average molecular weight is 358 g/mol. The van der Waals surface area contributed by atoms with E-state index in [9.17, 15) is 18.0 Å². The first-order valence-corrected chi connectivity index (χ1v) is 6.86. The van der Waals surface area contributed by atoms with Crippen LogP contribution in [-0.4, -0.2) is 22.5 Å². The lowest BCUT2D eigenvalue weighted by molar-refractivity contribution is -0.337. The smallest absolute Gasteiger partial charge is 0.345 e. The molecule has 1 aromatic rings. The van der Waals surface area contributed by atoms with Crippen molar-refractivity contribution in [3.63, 3.8) is 0 Å². The first kappa shape index (κ1) is 8.60. The molecule has 1 amide bonds. The molecular formula is C18H17F3N3O+. The summed E-state index contributed by atoms with van der Waals surface area (Å²) in [6.45, 7) is -8.72. The molecule has 0 fully saturated rings. The van der Waals surface area contributed by atoms with Gasteiger partial charge in [-0.3, -0.25) is 4.79 Å². The van der Waals surface area contributed by atoms with Gasteiger partial charge in [0.25, 0.3) is 5.91 Å². The van der Waals surface area contributed by atoms with E-state index in [0.29, 0.717) is 12.1 Å². The van der Waals surface area contributed by atoms with E-state index in [1.54, 1.807) is 0 Å². The van der Waals surface area contributed by atoms with Gasteiger partial charge in [-0.15, -0.1) is 0 Å². The zero-order valence-corrected chi connectivity index (χ0v) is 12.4. The molecule has 7 heteroatoms. The normalized spacial score (nSPS) is 27.7. The maximum absolute atomic E-state index is 13.1. The Morgan fingerprint density at radius 3 is 2.84 bits per heavy atom. The van der Waals surface area contributed by atoms with Crippen molar-refractivity contribution in [2.24, 2.45) is 4.99 Å². The van der Waals surface area contributed by atoms with Crippen molar-refractivity contribution in [2.75, 3.05) is 0 Å². The van der Waals surface area contributed by atoms with E-state index in [1.807, 2.05) is 5.32 Å². The van der Waals surface area contributed by atoms with Gasteiger partial charge >= 0.3 is 12.0 Å². The molecule has 2 aliphatic rings. The molecule has 0 aliphatic carbocycles. The topological polar surface area (TPSA) is 44.5 Å². The van der Waals surface area contributed by atoms with Crippen LogP contribution >= 0.6 is 0 Å². The lowest BCUT2D eigenvalue weighted by atomic mass is 10.1. The number of carbonyl (C=O) groups is 1. The van der Waals surface area contributed by atoms with E-state index in [-0.39, 0.29) is 5.56 Å². The van der Waals surface area contributed by atoms with Crippen LogP contribution in [0.4, 0.5) is 13.2 Å². The number of nitrogens with one attached hydrogen (secondary N) is 1. The number of halogens is 3. The van der Waals surface area contributed by atoms with Crippen LogP contribution in [0.1, 0.15) is 44.9 Å². The molecule has 2 heterocycles. The summed E-state index contributed by atoms with van der Waals surface area (Å²) < 4.78 is 117. The highest BCUT2D eigenvalue weighted by Gasteiger charge is 2.36. The fraction of sp³-hybridized carbons (Fsp3) is 0.278. The van der Waals surface area contributed by atoms with Gasteiger partial charge in [-0.1, -0.05) is 18.2 Å². The second kappa shape index (κ2) is 6.31. The van der Waals surface area contributed by atoms with E-state index in [0.717, 1.165) is 22.9 Å². The van der Waals surface area contributed by atoms with Gasteiger partial charge in [-0.2, -0.15) is 17.7 Å². The molecule has 0 saturated carbocycles. The Hall–Kier alpha value is -2.70. The minimum Gasteiger partial charge on any atom is -0.345 e. The third kappa shape index (κ3) is 3.55. The molecule has 2 aliphatic heterocycles. The van der Waals surface area contributed by atoms with E-state index in [2.05, 4.69) is 4.99 Å². The van der Waals surface area contributed by atoms with Crippen LogP contribution in [0.3, 0.4) is 0 Å². The molecule has 3 rings (SSSR count). The number of aliphatic imine (C=N–C) groups is 1. The Morgan fingerprint density at radius 2 is 2.20 bits per heavy atom. The lowest BCUT2D eigenvalue weighted by Crippen LogP contribution is -2.32. The van der Waals surface area contributed by atoms with Crippen LogP contribution in [0.25, 0.3) is 0 Å². The van der Waals surface area contributed by atoms with Crippen molar-refractivity contribution in [3.05, 3.63) is 58.4 Å². The standard InChI is InChI=1S/C18H16F3N3O/c1-11-3-8-15-23-12(2)16(24(15)10-11)17(25)22-9-13-4-6-14(7-5-13)18(19,20)21/h3-7,10H,8-9H2,1-2H3/p+1/i1D3,2D3,3D,8D,9D2. The fourth-order valence-corrected chi connectivity index (χ4v) is 2.14. The zero-order chi connectivity index (χ0) is 26.7. The number of allylic oxidation sites excluding steroid dienone is 2. The maximum atomic E-state index is 13.1. The molecular weight excluding hydrogens is 331 g/mol. The number of hydrogen-bond acceptors (Lipinski definition) is 2. The quantitative estimate of drug-likeness (QED) is 0.827. The summed E-state index contributed by atoms with van der Waals surface area (Å²) in [4.78, 5) is 16.8. The molecule has 0 bridgehead atoms. The van der Waals surface area contributed by atoms with Crippen molar-refractivity contribution in [3.8, 4) is 0 Å². The summed E-state index contributed by atoms with van der Waals surface area (Å²) in [5.74, 6) is -1.81. The molecule has 0 radical (unpaired) electrons. The summed E-state index contributed by atoms with van der Waals surface area (Å²) in [7, 11) is 0. The Morgan fingerprint density at radius 1 is 1.44 bits per heavy atom. The Labute approximate surface area is 157 Å². The van der Waals surface area contributed by atoms with E-state index in [1.165, 1.54) is 0 Å². The number of carbonyl (C=O) groups excluding carboxylic acids is 1. The summed E-state index contributed by atoms with van der Waals surface area (Å²) in [6, 6.07) is 2.14. The number of hydrogen-bond donors (Lipinski definition) is 1. The molecule has 0 aromatic heterocycles. The monoisotopic (exact) mass is 358 g/mol. The minimum absolute atomic E-state index is 0.383. The van der Waals surface area contributed by atoms with E-state index < -0.39 is 73.1 Å². The van der Waals surface area contributed by atoms with Crippen molar-refractivity contribution in [2.45, 2.75) is 32.8 Å². The minimum atomic E-state index is -4.67. The fourth-order valence-electron chi connectivity index (χ4n) is 2.14. The molecule has 1 aromatic carbocycles. The van der Waals surface area contributed by atoms with Crippen molar-refractivity contribution >= 4 is 18.0 Å². The van der Waals surface area contributed by atoms with Gasteiger partial charge in [-0.05, 0) is 35.1 Å². The summed E-state index contributed by atoms with van der Waals surface area (Å²) in [6.07, 6.45) is -5.64. The molecule has 130 valence electrons. The third-order valence-electron chi connectivity index (χ3n) is 3.30. The molecule has 1 atom stereocenters. The van der Waals surface area contributed by atoms with Crippen molar-refractivity contribution < 1.29 is 36.2 Å². The molecule has 1 unspecified atom stereocenters. The average Bonchev–Trinajstić information content (AvgIpc) is 3.09. The molecule has 0 saturated heterocycles. The number of amidine groups is 1. The summed E-state index contributed by atoms with van der Waals surface area (Å²) >= 11 is 0. The number of alkyl halides is 3.